The van der Waals surface area contributed by atoms with Crippen LogP contribution >= 0.6 is 11.6 Å². The van der Waals surface area contributed by atoms with E-state index >= 15 is 0 Å². The summed E-state index contributed by atoms with van der Waals surface area (Å²) >= 11 is 6.15. The van der Waals surface area contributed by atoms with Gasteiger partial charge in [-0.3, -0.25) is 19.3 Å². The molecule has 4 atom stereocenters. The normalized spacial score (nSPS) is 28.0. The lowest BCUT2D eigenvalue weighted by molar-refractivity contribution is -0.123. The van der Waals surface area contributed by atoms with Crippen LogP contribution in [-0.4, -0.2) is 48.2 Å². The van der Waals surface area contributed by atoms with E-state index in [1.165, 1.54) is 12.0 Å². The molecule has 2 amide bonds. The Morgan fingerprint density at radius 3 is 2.53 bits per heavy atom. The first-order valence-electron chi connectivity index (χ1n) is 10.1. The van der Waals surface area contributed by atoms with Crippen LogP contribution in [-0.2, 0) is 9.59 Å². The van der Waals surface area contributed by atoms with Crippen molar-refractivity contribution in [3.63, 3.8) is 0 Å². The second-order valence-corrected chi connectivity index (χ2v) is 8.44. The van der Waals surface area contributed by atoms with Crippen LogP contribution < -0.4 is 9.64 Å². The summed E-state index contributed by atoms with van der Waals surface area (Å²) in [6, 6.07) is 13.1. The number of ether oxygens (including phenoxy) is 1. The number of rotatable bonds is 4. The van der Waals surface area contributed by atoms with Crippen molar-refractivity contribution in [3.05, 3.63) is 59.1 Å². The van der Waals surface area contributed by atoms with Crippen molar-refractivity contribution in [1.29, 1.82) is 0 Å². The van der Waals surface area contributed by atoms with E-state index in [9.17, 15) is 14.4 Å². The van der Waals surface area contributed by atoms with Crippen LogP contribution in [0.5, 0.6) is 5.75 Å². The third-order valence-corrected chi connectivity index (χ3v) is 6.80. The number of fused-ring (bicyclic) bond motifs is 3. The summed E-state index contributed by atoms with van der Waals surface area (Å²) in [4.78, 5) is 43.8. The molecule has 0 unspecified atom stereocenters. The molecule has 7 heteroatoms. The summed E-state index contributed by atoms with van der Waals surface area (Å²) in [6.07, 6.45) is 1.72. The van der Waals surface area contributed by atoms with E-state index in [1.807, 2.05) is 18.2 Å². The van der Waals surface area contributed by atoms with Crippen LogP contribution in [0.25, 0.3) is 0 Å². The summed E-state index contributed by atoms with van der Waals surface area (Å²) < 4.78 is 5.38. The molecule has 0 bridgehead atoms. The molecule has 0 aliphatic carbocycles. The molecule has 3 fully saturated rings. The number of carbonyl (C=O) groups is 3. The average molecular weight is 425 g/mol. The molecule has 0 radical (unpaired) electrons. The summed E-state index contributed by atoms with van der Waals surface area (Å²) in [5.74, 6) is -1.55. The summed E-state index contributed by atoms with van der Waals surface area (Å²) in [5, 5.41) is 0.405. The predicted molar refractivity (Wildman–Crippen MR) is 112 cm³/mol. The number of Topliss-reactive ketones (excluding diaryl/α,β-unsaturated/α-hetero) is 1. The maximum Gasteiger partial charge on any atom is 0.239 e. The van der Waals surface area contributed by atoms with E-state index in [4.69, 9.17) is 16.3 Å². The second kappa shape index (κ2) is 7.22. The number of methoxy groups -OCH3 is 1. The summed E-state index contributed by atoms with van der Waals surface area (Å²) in [6.45, 7) is 0.724. The molecule has 154 valence electrons. The second-order valence-electron chi connectivity index (χ2n) is 8.00. The summed E-state index contributed by atoms with van der Waals surface area (Å²) in [7, 11) is 1.49. The molecule has 3 aliphatic rings. The SMILES string of the molecule is COc1ccc(Cl)cc1N1C(=O)[C@@H]2[C@H](C1=O)[C@H]1CCCN1[C@@H]2C(=O)c1ccccc1. The molecule has 3 saturated heterocycles. The molecule has 30 heavy (non-hydrogen) atoms. The van der Waals surface area contributed by atoms with Gasteiger partial charge in [-0.15, -0.1) is 0 Å². The molecule has 5 rings (SSSR count). The Kier molecular flexibility index (Phi) is 4.64. The number of amides is 2. The van der Waals surface area contributed by atoms with Crippen LogP contribution in [0.3, 0.4) is 0 Å². The lowest BCUT2D eigenvalue weighted by atomic mass is 9.85. The first-order valence-corrected chi connectivity index (χ1v) is 10.5. The van der Waals surface area contributed by atoms with E-state index < -0.39 is 17.9 Å². The van der Waals surface area contributed by atoms with Crippen molar-refractivity contribution < 1.29 is 19.1 Å². The molecule has 0 aromatic heterocycles. The molecule has 2 aromatic carbocycles. The van der Waals surface area contributed by atoms with Gasteiger partial charge >= 0.3 is 0 Å². The van der Waals surface area contributed by atoms with Gasteiger partial charge in [-0.1, -0.05) is 41.9 Å². The molecular formula is C23H21ClN2O4. The maximum absolute atomic E-state index is 13.6. The Morgan fingerprint density at radius 2 is 1.80 bits per heavy atom. The maximum atomic E-state index is 13.6. The van der Waals surface area contributed by atoms with Crippen LogP contribution in [0, 0.1) is 11.8 Å². The minimum absolute atomic E-state index is 0.0979. The highest BCUT2D eigenvalue weighted by Crippen LogP contribution is 2.49. The van der Waals surface area contributed by atoms with Crippen LogP contribution in [0.1, 0.15) is 23.2 Å². The Morgan fingerprint density at radius 1 is 1.07 bits per heavy atom. The van der Waals surface area contributed by atoms with Crippen molar-refractivity contribution in [3.8, 4) is 5.75 Å². The van der Waals surface area contributed by atoms with E-state index in [1.54, 1.807) is 30.3 Å². The quantitative estimate of drug-likeness (QED) is 0.557. The third-order valence-electron chi connectivity index (χ3n) is 6.56. The smallest absolute Gasteiger partial charge is 0.239 e. The fraction of sp³-hybridized carbons (Fsp3) is 0.348. The molecule has 3 aliphatic heterocycles. The van der Waals surface area contributed by atoms with Gasteiger partial charge in [0.25, 0.3) is 0 Å². The fourth-order valence-corrected chi connectivity index (χ4v) is 5.53. The molecule has 0 N–H and O–H groups in total. The van der Waals surface area contributed by atoms with Crippen LogP contribution in [0.4, 0.5) is 5.69 Å². The molecule has 0 saturated carbocycles. The number of hydrogen-bond acceptors (Lipinski definition) is 5. The van der Waals surface area contributed by atoms with Crippen LogP contribution in [0.2, 0.25) is 5.02 Å². The van der Waals surface area contributed by atoms with Crippen molar-refractivity contribution >= 4 is 34.9 Å². The molecular weight excluding hydrogens is 404 g/mol. The number of imide groups is 1. The minimum atomic E-state index is -0.695. The lowest BCUT2D eigenvalue weighted by Crippen LogP contribution is -2.46. The highest BCUT2D eigenvalue weighted by Gasteiger charge is 2.65. The Hall–Kier alpha value is -2.70. The Balaban J connectivity index is 1.58. The van der Waals surface area contributed by atoms with Gasteiger partial charge in [-0.25, -0.2) is 4.90 Å². The largest absolute Gasteiger partial charge is 0.495 e. The minimum Gasteiger partial charge on any atom is -0.495 e. The Labute approximate surface area is 179 Å². The zero-order chi connectivity index (χ0) is 21.0. The predicted octanol–water partition coefficient (Wildman–Crippen LogP) is 3.18. The fourth-order valence-electron chi connectivity index (χ4n) is 5.36. The molecule has 3 heterocycles. The van der Waals surface area contributed by atoms with E-state index in [-0.39, 0.29) is 23.6 Å². The average Bonchev–Trinajstić information content (AvgIpc) is 3.40. The van der Waals surface area contributed by atoms with Gasteiger partial charge in [0.05, 0.1) is 30.7 Å². The zero-order valence-electron chi connectivity index (χ0n) is 16.5. The van der Waals surface area contributed by atoms with Gasteiger partial charge in [0.2, 0.25) is 11.8 Å². The Bertz CT molecular complexity index is 1040. The number of benzene rings is 2. The highest BCUT2D eigenvalue weighted by molar-refractivity contribution is 6.32. The standard InChI is InChI=1S/C23H21ClN2O4/c1-30-17-10-9-14(24)12-16(17)26-22(28)18-15-8-5-11-25(15)20(19(18)23(26)29)21(27)13-6-3-2-4-7-13/h2-4,6-7,9-10,12,15,18-20H,5,8,11H2,1H3/t15-,18-,19-,20+/m1/s1. The topological polar surface area (TPSA) is 66.9 Å². The number of hydrogen-bond donors (Lipinski definition) is 0. The van der Waals surface area contributed by atoms with Gasteiger partial charge in [-0.2, -0.15) is 0 Å². The van der Waals surface area contributed by atoms with Crippen molar-refractivity contribution in [2.75, 3.05) is 18.6 Å². The number of anilines is 1. The van der Waals surface area contributed by atoms with Gasteiger partial charge in [-0.05, 0) is 37.6 Å². The number of nitrogens with zero attached hydrogens (tertiary/aromatic N) is 2. The van der Waals surface area contributed by atoms with E-state index in [2.05, 4.69) is 4.90 Å². The van der Waals surface area contributed by atoms with E-state index in [0.717, 1.165) is 19.4 Å². The van der Waals surface area contributed by atoms with Gasteiger partial charge in [0.15, 0.2) is 5.78 Å². The van der Waals surface area contributed by atoms with Gasteiger partial charge in [0, 0.05) is 16.6 Å². The van der Waals surface area contributed by atoms with Crippen molar-refractivity contribution in [2.45, 2.75) is 24.9 Å². The number of ketones is 1. The first-order chi connectivity index (χ1) is 14.5. The van der Waals surface area contributed by atoms with E-state index in [0.29, 0.717) is 22.0 Å². The van der Waals surface area contributed by atoms with Crippen LogP contribution in [0.15, 0.2) is 48.5 Å². The first kappa shape index (κ1) is 19.3. The summed E-state index contributed by atoms with van der Waals surface area (Å²) in [5.41, 5.74) is 0.901. The number of halogens is 1. The molecule has 6 nitrogen and oxygen atoms in total. The highest BCUT2D eigenvalue weighted by atomic mass is 35.5. The molecule has 2 aromatic rings. The van der Waals surface area contributed by atoms with Gasteiger partial charge < -0.3 is 4.74 Å². The zero-order valence-corrected chi connectivity index (χ0v) is 17.2. The van der Waals surface area contributed by atoms with Gasteiger partial charge in [0.1, 0.15) is 5.75 Å². The third kappa shape index (κ3) is 2.71. The lowest BCUT2D eigenvalue weighted by Gasteiger charge is -2.28. The van der Waals surface area contributed by atoms with Crippen molar-refractivity contribution in [1.82, 2.24) is 4.90 Å². The number of carbonyl (C=O) groups excluding carboxylic acids is 3. The molecule has 0 spiro atoms. The monoisotopic (exact) mass is 424 g/mol. The van der Waals surface area contributed by atoms with Crippen molar-refractivity contribution in [2.24, 2.45) is 11.8 Å².